The second-order valence-electron chi connectivity index (χ2n) is 1.63. The van der Waals surface area contributed by atoms with Crippen LogP contribution in [0.25, 0.3) is 0 Å². The predicted octanol–water partition coefficient (Wildman–Crippen LogP) is 0.927. The quantitative estimate of drug-likeness (QED) is 0.577. The molecule has 0 saturated heterocycles. The molecule has 0 spiro atoms. The Bertz CT molecular complexity index is 184. The molecule has 0 amide bonds. The standard InChI is InChI=1S/C5H9N3S/c1-3-9-5-6-4-8(2)7-5/h4H,3H2,1-2H3. The van der Waals surface area contributed by atoms with Crippen molar-refractivity contribution in [3.05, 3.63) is 6.33 Å². The lowest BCUT2D eigenvalue weighted by Crippen LogP contribution is -1.86. The lowest BCUT2D eigenvalue weighted by Gasteiger charge is -1.85. The number of hydrogen-bond acceptors (Lipinski definition) is 3. The van der Waals surface area contributed by atoms with Gasteiger partial charge in [0.15, 0.2) is 0 Å². The monoisotopic (exact) mass is 143 g/mol. The van der Waals surface area contributed by atoms with Gasteiger partial charge in [-0.1, -0.05) is 18.7 Å². The highest BCUT2D eigenvalue weighted by Gasteiger charge is 1.94. The molecule has 0 aliphatic carbocycles. The highest BCUT2D eigenvalue weighted by molar-refractivity contribution is 7.99. The molecule has 0 aliphatic heterocycles. The van der Waals surface area contributed by atoms with Crippen molar-refractivity contribution in [2.45, 2.75) is 12.1 Å². The summed E-state index contributed by atoms with van der Waals surface area (Å²) in [5.74, 6) is 1.03. The smallest absolute Gasteiger partial charge is 0.208 e. The van der Waals surface area contributed by atoms with Crippen molar-refractivity contribution in [1.82, 2.24) is 14.8 Å². The molecule has 1 rings (SSSR count). The van der Waals surface area contributed by atoms with Crippen LogP contribution in [0.3, 0.4) is 0 Å². The molecular formula is C5H9N3S. The molecule has 1 aromatic rings. The molecule has 0 aliphatic rings. The van der Waals surface area contributed by atoms with Crippen molar-refractivity contribution in [3.8, 4) is 0 Å². The highest BCUT2D eigenvalue weighted by atomic mass is 32.2. The molecule has 0 N–H and O–H groups in total. The third kappa shape index (κ3) is 1.71. The molecule has 4 heteroatoms. The first kappa shape index (κ1) is 6.61. The molecule has 0 unspecified atom stereocenters. The van der Waals surface area contributed by atoms with Gasteiger partial charge in [-0.05, 0) is 5.75 Å². The minimum atomic E-state index is 0.861. The third-order valence-electron chi connectivity index (χ3n) is 0.852. The molecule has 0 saturated carbocycles. The van der Waals surface area contributed by atoms with Crippen LogP contribution in [-0.4, -0.2) is 20.5 Å². The van der Waals surface area contributed by atoms with Gasteiger partial charge >= 0.3 is 0 Å². The van der Waals surface area contributed by atoms with Gasteiger partial charge in [-0.3, -0.25) is 4.68 Å². The van der Waals surface area contributed by atoms with Crippen LogP contribution in [0.2, 0.25) is 0 Å². The lowest BCUT2D eigenvalue weighted by molar-refractivity contribution is 0.738. The van der Waals surface area contributed by atoms with Gasteiger partial charge in [-0.25, -0.2) is 4.98 Å². The Hall–Kier alpha value is -0.510. The van der Waals surface area contributed by atoms with Crippen LogP contribution in [0.15, 0.2) is 11.5 Å². The van der Waals surface area contributed by atoms with E-state index in [0.717, 1.165) is 10.9 Å². The average Bonchev–Trinajstić information content (AvgIpc) is 2.17. The zero-order valence-corrected chi connectivity index (χ0v) is 6.35. The summed E-state index contributed by atoms with van der Waals surface area (Å²) in [7, 11) is 1.87. The van der Waals surface area contributed by atoms with Crippen LogP contribution >= 0.6 is 11.8 Å². The fourth-order valence-electron chi connectivity index (χ4n) is 0.515. The predicted molar refractivity (Wildman–Crippen MR) is 37.4 cm³/mol. The Morgan fingerprint density at radius 3 is 3.00 bits per heavy atom. The summed E-state index contributed by atoms with van der Waals surface area (Å²) in [6, 6.07) is 0. The number of nitrogens with zero attached hydrogens (tertiary/aromatic N) is 3. The normalized spacial score (nSPS) is 10.0. The molecule has 0 atom stereocenters. The summed E-state index contributed by atoms with van der Waals surface area (Å²) in [4.78, 5) is 4.02. The van der Waals surface area contributed by atoms with Gasteiger partial charge in [0.2, 0.25) is 5.16 Å². The first-order valence-electron chi connectivity index (χ1n) is 2.81. The van der Waals surface area contributed by atoms with Crippen molar-refractivity contribution in [2.24, 2.45) is 7.05 Å². The molecule has 9 heavy (non-hydrogen) atoms. The van der Waals surface area contributed by atoms with Crippen LogP contribution in [0.5, 0.6) is 0 Å². The number of rotatable bonds is 2. The van der Waals surface area contributed by atoms with Gasteiger partial charge in [0.05, 0.1) is 0 Å². The van der Waals surface area contributed by atoms with Crippen LogP contribution < -0.4 is 0 Å². The summed E-state index contributed by atoms with van der Waals surface area (Å²) < 4.78 is 1.71. The number of hydrogen-bond donors (Lipinski definition) is 0. The van der Waals surface area contributed by atoms with Gasteiger partial charge in [-0.2, -0.15) is 0 Å². The van der Waals surface area contributed by atoms with E-state index >= 15 is 0 Å². The summed E-state index contributed by atoms with van der Waals surface area (Å²) in [6.07, 6.45) is 1.71. The highest BCUT2D eigenvalue weighted by Crippen LogP contribution is 2.08. The Labute approximate surface area is 58.5 Å². The lowest BCUT2D eigenvalue weighted by atomic mass is 11.0. The van der Waals surface area contributed by atoms with E-state index in [1.54, 1.807) is 22.8 Å². The minimum Gasteiger partial charge on any atom is -0.255 e. The Morgan fingerprint density at radius 2 is 2.56 bits per heavy atom. The summed E-state index contributed by atoms with van der Waals surface area (Å²) >= 11 is 1.65. The van der Waals surface area contributed by atoms with Gasteiger partial charge in [-0.15, -0.1) is 5.10 Å². The van der Waals surface area contributed by atoms with Crippen molar-refractivity contribution in [1.29, 1.82) is 0 Å². The fraction of sp³-hybridized carbons (Fsp3) is 0.600. The van der Waals surface area contributed by atoms with E-state index in [1.807, 2.05) is 7.05 Å². The largest absolute Gasteiger partial charge is 0.255 e. The van der Waals surface area contributed by atoms with Gasteiger partial charge in [0, 0.05) is 7.05 Å². The second kappa shape index (κ2) is 2.87. The molecule has 0 aromatic carbocycles. The maximum atomic E-state index is 4.07. The SMILES string of the molecule is CCSc1ncn(C)n1. The van der Waals surface area contributed by atoms with Crippen LogP contribution in [0.4, 0.5) is 0 Å². The molecule has 0 bridgehead atoms. The Balaban J connectivity index is 2.61. The topological polar surface area (TPSA) is 30.7 Å². The summed E-state index contributed by atoms with van der Waals surface area (Å²) in [5, 5.41) is 4.93. The zero-order valence-electron chi connectivity index (χ0n) is 5.53. The van der Waals surface area contributed by atoms with E-state index in [-0.39, 0.29) is 0 Å². The number of thioether (sulfide) groups is 1. The molecule has 50 valence electrons. The molecule has 0 fully saturated rings. The van der Waals surface area contributed by atoms with Crippen LogP contribution in [0.1, 0.15) is 6.92 Å². The maximum Gasteiger partial charge on any atom is 0.208 e. The van der Waals surface area contributed by atoms with E-state index in [4.69, 9.17) is 0 Å². The van der Waals surface area contributed by atoms with Crippen molar-refractivity contribution in [3.63, 3.8) is 0 Å². The van der Waals surface area contributed by atoms with E-state index in [0.29, 0.717) is 0 Å². The first-order valence-corrected chi connectivity index (χ1v) is 3.80. The third-order valence-corrected chi connectivity index (χ3v) is 1.59. The summed E-state index contributed by atoms with van der Waals surface area (Å²) in [5.41, 5.74) is 0. The van der Waals surface area contributed by atoms with Gasteiger partial charge < -0.3 is 0 Å². The minimum absolute atomic E-state index is 0.861. The number of aromatic nitrogens is 3. The van der Waals surface area contributed by atoms with E-state index < -0.39 is 0 Å². The molecule has 1 aromatic heterocycles. The summed E-state index contributed by atoms with van der Waals surface area (Å²) in [6.45, 7) is 2.08. The van der Waals surface area contributed by atoms with Crippen LogP contribution in [0, 0.1) is 0 Å². The van der Waals surface area contributed by atoms with E-state index in [2.05, 4.69) is 17.0 Å². The zero-order chi connectivity index (χ0) is 6.69. The molecule has 3 nitrogen and oxygen atoms in total. The van der Waals surface area contributed by atoms with Crippen molar-refractivity contribution >= 4 is 11.8 Å². The Kier molecular flexibility index (Phi) is 2.10. The average molecular weight is 143 g/mol. The fourth-order valence-corrected chi connectivity index (χ4v) is 1.08. The Morgan fingerprint density at radius 1 is 1.78 bits per heavy atom. The van der Waals surface area contributed by atoms with E-state index in [9.17, 15) is 0 Å². The second-order valence-corrected chi connectivity index (χ2v) is 2.86. The van der Waals surface area contributed by atoms with Crippen molar-refractivity contribution < 1.29 is 0 Å². The van der Waals surface area contributed by atoms with Crippen LogP contribution in [-0.2, 0) is 7.05 Å². The van der Waals surface area contributed by atoms with Crippen molar-refractivity contribution in [2.75, 3.05) is 5.75 Å². The van der Waals surface area contributed by atoms with Gasteiger partial charge in [0.25, 0.3) is 0 Å². The molecular weight excluding hydrogens is 134 g/mol. The van der Waals surface area contributed by atoms with E-state index in [1.165, 1.54) is 0 Å². The first-order chi connectivity index (χ1) is 4.33. The molecule has 1 heterocycles. The number of aryl methyl sites for hydroxylation is 1. The maximum absolute atomic E-state index is 4.07. The molecule has 0 radical (unpaired) electrons. The van der Waals surface area contributed by atoms with Gasteiger partial charge in [0.1, 0.15) is 6.33 Å².